The first-order valence-corrected chi connectivity index (χ1v) is 9.59. The SMILES string of the molecule is CC(C)(C)N1C2CC[C@@H]1C[C@@H](CNS(=O)(=O)C1CC1)C2. The number of rotatable bonds is 4. The van der Waals surface area contributed by atoms with Crippen molar-refractivity contribution in [1.82, 2.24) is 9.62 Å². The zero-order valence-electron chi connectivity index (χ0n) is 12.9. The Kier molecular flexibility index (Phi) is 3.67. The number of nitrogens with zero attached hydrogens (tertiary/aromatic N) is 1. The van der Waals surface area contributed by atoms with Crippen molar-refractivity contribution in [2.24, 2.45) is 5.92 Å². The van der Waals surface area contributed by atoms with Gasteiger partial charge in [0.2, 0.25) is 10.0 Å². The molecule has 2 aliphatic heterocycles. The summed E-state index contributed by atoms with van der Waals surface area (Å²) < 4.78 is 26.7. The van der Waals surface area contributed by atoms with E-state index in [0.29, 0.717) is 24.5 Å². The maximum Gasteiger partial charge on any atom is 0.214 e. The molecule has 0 aromatic carbocycles. The highest BCUT2D eigenvalue weighted by Crippen LogP contribution is 2.42. The Hall–Kier alpha value is -0.130. The van der Waals surface area contributed by atoms with Gasteiger partial charge in [-0.2, -0.15) is 0 Å². The Morgan fingerprint density at radius 3 is 2.05 bits per heavy atom. The maximum atomic E-state index is 11.9. The summed E-state index contributed by atoms with van der Waals surface area (Å²) >= 11 is 0. The van der Waals surface area contributed by atoms with Crippen LogP contribution in [0.3, 0.4) is 0 Å². The van der Waals surface area contributed by atoms with E-state index < -0.39 is 10.0 Å². The predicted molar refractivity (Wildman–Crippen MR) is 81.1 cm³/mol. The molecular weight excluding hydrogens is 272 g/mol. The van der Waals surface area contributed by atoms with E-state index in [2.05, 4.69) is 30.4 Å². The Morgan fingerprint density at radius 2 is 1.60 bits per heavy atom. The number of piperidine rings is 1. The number of hydrogen-bond acceptors (Lipinski definition) is 3. The second-order valence-corrected chi connectivity index (χ2v) is 9.94. The molecule has 0 aromatic rings. The van der Waals surface area contributed by atoms with Crippen molar-refractivity contribution in [1.29, 1.82) is 0 Å². The number of nitrogens with one attached hydrogen (secondary N) is 1. The molecule has 3 atom stereocenters. The smallest absolute Gasteiger partial charge is 0.214 e. The van der Waals surface area contributed by atoms with Crippen LogP contribution in [-0.4, -0.2) is 42.7 Å². The third-order valence-electron chi connectivity index (χ3n) is 5.14. The average Bonchev–Trinajstić information content (AvgIpc) is 3.13. The van der Waals surface area contributed by atoms with Crippen LogP contribution in [0.1, 0.15) is 59.3 Å². The van der Waals surface area contributed by atoms with Gasteiger partial charge in [-0.15, -0.1) is 0 Å². The van der Waals surface area contributed by atoms with E-state index in [9.17, 15) is 8.42 Å². The van der Waals surface area contributed by atoms with Crippen LogP contribution in [0.15, 0.2) is 0 Å². The fourth-order valence-electron chi connectivity index (χ4n) is 4.28. The van der Waals surface area contributed by atoms with Crippen LogP contribution < -0.4 is 4.72 Å². The molecule has 5 heteroatoms. The standard InChI is InChI=1S/C15H28N2O2S/c1-15(2,3)17-12-4-5-13(17)9-11(8-12)10-16-20(18,19)14-6-7-14/h11-14,16H,4-10H2,1-3H3/t11-,12-,13?/m1/s1. The van der Waals surface area contributed by atoms with Crippen LogP contribution in [0.2, 0.25) is 0 Å². The fourth-order valence-corrected chi connectivity index (χ4v) is 5.74. The van der Waals surface area contributed by atoms with Gasteiger partial charge < -0.3 is 0 Å². The molecule has 2 saturated heterocycles. The van der Waals surface area contributed by atoms with Gasteiger partial charge >= 0.3 is 0 Å². The molecule has 4 nitrogen and oxygen atoms in total. The molecule has 1 saturated carbocycles. The van der Waals surface area contributed by atoms with Gasteiger partial charge in [-0.1, -0.05) is 0 Å². The summed E-state index contributed by atoms with van der Waals surface area (Å²) in [6.07, 6.45) is 6.58. The summed E-state index contributed by atoms with van der Waals surface area (Å²) in [6, 6.07) is 1.31. The van der Waals surface area contributed by atoms with E-state index in [0.717, 1.165) is 25.7 Å². The van der Waals surface area contributed by atoms with Crippen molar-refractivity contribution in [2.75, 3.05) is 6.54 Å². The number of fused-ring (bicyclic) bond motifs is 2. The molecule has 2 bridgehead atoms. The van der Waals surface area contributed by atoms with E-state index in [1.54, 1.807) is 0 Å². The van der Waals surface area contributed by atoms with Crippen LogP contribution >= 0.6 is 0 Å². The van der Waals surface area contributed by atoms with Gasteiger partial charge in [0.05, 0.1) is 5.25 Å². The minimum atomic E-state index is -3.01. The predicted octanol–water partition coefficient (Wildman–Crippen LogP) is 2.11. The van der Waals surface area contributed by atoms with Crippen LogP contribution in [0.4, 0.5) is 0 Å². The normalized spacial score (nSPS) is 35.5. The van der Waals surface area contributed by atoms with Gasteiger partial charge in [0, 0.05) is 24.2 Å². The van der Waals surface area contributed by atoms with E-state index in [4.69, 9.17) is 0 Å². The van der Waals surface area contributed by atoms with Gasteiger partial charge in [-0.3, -0.25) is 4.90 Å². The first kappa shape index (κ1) is 14.8. The Morgan fingerprint density at radius 1 is 1.05 bits per heavy atom. The Balaban J connectivity index is 1.57. The molecule has 0 aromatic heterocycles. The molecule has 0 radical (unpaired) electrons. The second-order valence-electron chi connectivity index (χ2n) is 7.89. The maximum absolute atomic E-state index is 11.9. The van der Waals surface area contributed by atoms with Gasteiger partial charge in [0.15, 0.2) is 0 Å². The van der Waals surface area contributed by atoms with E-state index in [-0.39, 0.29) is 10.8 Å². The highest BCUT2D eigenvalue weighted by Gasteiger charge is 2.45. The summed E-state index contributed by atoms with van der Waals surface area (Å²) in [7, 11) is -3.01. The molecule has 1 aliphatic carbocycles. The van der Waals surface area contributed by atoms with Crippen molar-refractivity contribution in [3.8, 4) is 0 Å². The van der Waals surface area contributed by atoms with Crippen molar-refractivity contribution in [3.63, 3.8) is 0 Å². The van der Waals surface area contributed by atoms with Gasteiger partial charge in [-0.25, -0.2) is 13.1 Å². The Bertz CT molecular complexity index is 451. The zero-order valence-corrected chi connectivity index (χ0v) is 13.7. The van der Waals surface area contributed by atoms with Crippen molar-refractivity contribution in [3.05, 3.63) is 0 Å². The van der Waals surface area contributed by atoms with Gasteiger partial charge in [-0.05, 0) is 65.2 Å². The summed E-state index contributed by atoms with van der Waals surface area (Å²) in [5.41, 5.74) is 0.240. The monoisotopic (exact) mass is 300 g/mol. The summed E-state index contributed by atoms with van der Waals surface area (Å²) in [5, 5.41) is -0.0890. The summed E-state index contributed by atoms with van der Waals surface area (Å²) in [5.74, 6) is 0.527. The third-order valence-corrected chi connectivity index (χ3v) is 7.06. The molecule has 116 valence electrons. The molecule has 2 heterocycles. The van der Waals surface area contributed by atoms with Crippen LogP contribution in [-0.2, 0) is 10.0 Å². The Labute approximate surface area is 123 Å². The lowest BCUT2D eigenvalue weighted by Crippen LogP contribution is -2.53. The molecule has 1 N–H and O–H groups in total. The first-order valence-electron chi connectivity index (χ1n) is 8.04. The van der Waals surface area contributed by atoms with Gasteiger partial charge in [0.1, 0.15) is 0 Å². The summed E-state index contributed by atoms with van der Waals surface area (Å²) in [4.78, 5) is 2.68. The molecule has 20 heavy (non-hydrogen) atoms. The minimum absolute atomic E-state index is 0.0890. The highest BCUT2D eigenvalue weighted by molar-refractivity contribution is 7.90. The lowest BCUT2D eigenvalue weighted by atomic mass is 9.87. The first-order chi connectivity index (χ1) is 9.27. The molecule has 0 spiro atoms. The molecule has 0 amide bonds. The van der Waals surface area contributed by atoms with Gasteiger partial charge in [0.25, 0.3) is 0 Å². The molecule has 3 rings (SSSR count). The van der Waals surface area contributed by atoms with Crippen molar-refractivity contribution in [2.45, 2.75) is 82.2 Å². The minimum Gasteiger partial charge on any atom is -0.293 e. The second kappa shape index (κ2) is 4.96. The van der Waals surface area contributed by atoms with Crippen LogP contribution in [0.25, 0.3) is 0 Å². The quantitative estimate of drug-likeness (QED) is 0.865. The fraction of sp³-hybridized carbons (Fsp3) is 1.00. The van der Waals surface area contributed by atoms with Crippen LogP contribution in [0, 0.1) is 5.92 Å². The van der Waals surface area contributed by atoms with Crippen LogP contribution in [0.5, 0.6) is 0 Å². The van der Waals surface area contributed by atoms with Crippen molar-refractivity contribution >= 4 is 10.0 Å². The van der Waals surface area contributed by atoms with Crippen molar-refractivity contribution < 1.29 is 8.42 Å². The number of sulfonamides is 1. The average molecular weight is 300 g/mol. The molecule has 1 unspecified atom stereocenters. The molecule has 3 fully saturated rings. The van der Waals surface area contributed by atoms with E-state index in [1.807, 2.05) is 0 Å². The largest absolute Gasteiger partial charge is 0.293 e. The van der Waals surface area contributed by atoms with E-state index >= 15 is 0 Å². The summed E-state index contributed by atoms with van der Waals surface area (Å²) in [6.45, 7) is 7.56. The topological polar surface area (TPSA) is 49.4 Å². The zero-order chi connectivity index (χ0) is 14.5. The molecule has 3 aliphatic rings. The lowest BCUT2D eigenvalue weighted by Gasteiger charge is -2.46. The molecular formula is C15H28N2O2S. The third kappa shape index (κ3) is 2.90. The highest BCUT2D eigenvalue weighted by atomic mass is 32.2. The number of hydrogen-bond donors (Lipinski definition) is 1. The van der Waals surface area contributed by atoms with E-state index in [1.165, 1.54) is 12.8 Å². The lowest BCUT2D eigenvalue weighted by molar-refractivity contribution is 0.0232.